The first-order valence-electron chi connectivity index (χ1n) is 9.78. The molecule has 0 bridgehead atoms. The van der Waals surface area contributed by atoms with Crippen LogP contribution in [0.4, 0.5) is 18.9 Å². The Bertz CT molecular complexity index is 754. The molecule has 1 amide bonds. The Balaban J connectivity index is 2.04. The Kier molecular flexibility index (Phi) is 7.94. The monoisotopic (exact) mass is 429 g/mol. The molecule has 1 aliphatic heterocycles. The fourth-order valence-electron chi connectivity index (χ4n) is 3.03. The van der Waals surface area contributed by atoms with Crippen molar-refractivity contribution in [2.24, 2.45) is 4.99 Å². The highest BCUT2D eigenvalue weighted by molar-refractivity contribution is 5.86. The molecular formula is C20H30F3N5O2. The van der Waals surface area contributed by atoms with E-state index in [4.69, 9.17) is 4.74 Å². The third-order valence-corrected chi connectivity index (χ3v) is 4.38. The van der Waals surface area contributed by atoms with Crippen molar-refractivity contribution in [3.63, 3.8) is 0 Å². The number of guanidine groups is 1. The lowest BCUT2D eigenvalue weighted by Crippen LogP contribution is -2.48. The molecule has 0 spiro atoms. The molecule has 0 aromatic heterocycles. The second-order valence-electron chi connectivity index (χ2n) is 8.02. The number of rotatable bonds is 5. The van der Waals surface area contributed by atoms with Crippen molar-refractivity contribution in [1.29, 1.82) is 0 Å². The molecule has 0 atom stereocenters. The van der Waals surface area contributed by atoms with Crippen LogP contribution in [0.25, 0.3) is 0 Å². The van der Waals surface area contributed by atoms with Crippen LogP contribution in [0.3, 0.4) is 0 Å². The zero-order valence-electron chi connectivity index (χ0n) is 17.8. The number of anilines is 1. The Hall–Kier alpha value is -2.49. The van der Waals surface area contributed by atoms with E-state index in [2.05, 4.69) is 20.9 Å². The molecular weight excluding hydrogens is 399 g/mol. The first-order chi connectivity index (χ1) is 14.0. The number of benzene rings is 1. The van der Waals surface area contributed by atoms with Gasteiger partial charge in [-0.05, 0) is 38.5 Å². The van der Waals surface area contributed by atoms with Gasteiger partial charge >= 0.3 is 6.18 Å². The number of morpholine rings is 1. The molecule has 1 aromatic rings. The maximum Gasteiger partial charge on any atom is 0.416 e. The summed E-state index contributed by atoms with van der Waals surface area (Å²) in [6.07, 6.45) is -4.48. The van der Waals surface area contributed by atoms with E-state index in [9.17, 15) is 18.0 Å². The number of amides is 1. The van der Waals surface area contributed by atoms with Crippen LogP contribution in [0.15, 0.2) is 23.2 Å². The summed E-state index contributed by atoms with van der Waals surface area (Å²) in [7, 11) is 1.49. The highest BCUT2D eigenvalue weighted by Crippen LogP contribution is 2.35. The van der Waals surface area contributed by atoms with Crippen LogP contribution >= 0.6 is 0 Å². The molecule has 30 heavy (non-hydrogen) atoms. The van der Waals surface area contributed by atoms with Gasteiger partial charge in [-0.3, -0.25) is 9.79 Å². The molecule has 1 heterocycles. The Morgan fingerprint density at radius 3 is 2.40 bits per heavy atom. The summed E-state index contributed by atoms with van der Waals surface area (Å²) in [5, 5.41) is 8.44. The summed E-state index contributed by atoms with van der Waals surface area (Å²) >= 11 is 0. The maximum atomic E-state index is 13.6. The van der Waals surface area contributed by atoms with E-state index in [1.807, 2.05) is 25.7 Å². The van der Waals surface area contributed by atoms with Crippen molar-refractivity contribution >= 4 is 17.6 Å². The molecule has 0 unspecified atom stereocenters. The number of carbonyl (C=O) groups is 1. The molecule has 3 N–H and O–H groups in total. The summed E-state index contributed by atoms with van der Waals surface area (Å²) in [5.41, 5.74) is -0.447. The minimum absolute atomic E-state index is 0.0426. The lowest BCUT2D eigenvalue weighted by Gasteiger charge is -2.29. The summed E-state index contributed by atoms with van der Waals surface area (Å²) in [5.74, 6) is 0.000680. The Morgan fingerprint density at radius 1 is 1.17 bits per heavy atom. The lowest BCUT2D eigenvalue weighted by atomic mass is 10.0. The van der Waals surface area contributed by atoms with Gasteiger partial charge in [0.25, 0.3) is 0 Å². The quantitative estimate of drug-likeness (QED) is 0.494. The molecule has 10 heteroatoms. The van der Waals surface area contributed by atoms with Gasteiger partial charge in [-0.2, -0.15) is 13.2 Å². The van der Waals surface area contributed by atoms with Crippen LogP contribution in [0, 0.1) is 0 Å². The number of ether oxygens (including phenoxy) is 1. The number of hydrogen-bond acceptors (Lipinski definition) is 4. The van der Waals surface area contributed by atoms with E-state index in [1.54, 1.807) is 6.07 Å². The van der Waals surface area contributed by atoms with Crippen molar-refractivity contribution in [1.82, 2.24) is 16.0 Å². The van der Waals surface area contributed by atoms with Gasteiger partial charge in [0.2, 0.25) is 5.91 Å². The van der Waals surface area contributed by atoms with Gasteiger partial charge < -0.3 is 25.6 Å². The van der Waals surface area contributed by atoms with Crippen molar-refractivity contribution in [3.05, 3.63) is 29.3 Å². The van der Waals surface area contributed by atoms with E-state index in [0.717, 1.165) is 0 Å². The Labute approximate surface area is 175 Å². The van der Waals surface area contributed by atoms with Gasteiger partial charge in [0.05, 0.1) is 25.3 Å². The molecule has 1 fully saturated rings. The normalized spacial score (nSPS) is 15.7. The summed E-state index contributed by atoms with van der Waals surface area (Å²) in [4.78, 5) is 17.8. The lowest BCUT2D eigenvalue weighted by molar-refractivity contribution is -0.138. The SMILES string of the molecule is CN=C(NCC(=O)NC(C)(C)C)NCc1ccc(N2CCOCC2)cc1C(F)(F)F. The molecule has 0 aliphatic carbocycles. The molecule has 0 saturated carbocycles. The van der Waals surface area contributed by atoms with Crippen molar-refractivity contribution in [2.75, 3.05) is 44.8 Å². The van der Waals surface area contributed by atoms with Gasteiger partial charge in [0, 0.05) is 37.9 Å². The van der Waals surface area contributed by atoms with Gasteiger partial charge in [0.15, 0.2) is 5.96 Å². The van der Waals surface area contributed by atoms with Gasteiger partial charge in [-0.25, -0.2) is 0 Å². The number of carbonyl (C=O) groups excluding carboxylic acids is 1. The van der Waals surface area contributed by atoms with E-state index < -0.39 is 11.7 Å². The zero-order chi connectivity index (χ0) is 22.4. The first-order valence-corrected chi connectivity index (χ1v) is 9.78. The van der Waals surface area contributed by atoms with Crippen LogP contribution in [0.1, 0.15) is 31.9 Å². The topological polar surface area (TPSA) is 78.0 Å². The van der Waals surface area contributed by atoms with Gasteiger partial charge in [-0.15, -0.1) is 0 Å². The number of halogens is 3. The summed E-state index contributed by atoms with van der Waals surface area (Å²) < 4.78 is 46.2. The average molecular weight is 429 g/mol. The second kappa shape index (κ2) is 10.0. The molecule has 1 aromatic carbocycles. The van der Waals surface area contributed by atoms with E-state index in [0.29, 0.717) is 32.0 Å². The minimum Gasteiger partial charge on any atom is -0.378 e. The van der Waals surface area contributed by atoms with Crippen LogP contribution in [-0.2, 0) is 22.3 Å². The maximum absolute atomic E-state index is 13.6. The first kappa shape index (κ1) is 23.8. The van der Waals surface area contributed by atoms with Crippen LogP contribution < -0.4 is 20.9 Å². The van der Waals surface area contributed by atoms with Crippen LogP contribution in [0.5, 0.6) is 0 Å². The highest BCUT2D eigenvalue weighted by atomic mass is 19.4. The smallest absolute Gasteiger partial charge is 0.378 e. The zero-order valence-corrected chi connectivity index (χ0v) is 17.8. The van der Waals surface area contributed by atoms with Crippen molar-refractivity contribution < 1.29 is 22.7 Å². The van der Waals surface area contributed by atoms with E-state index >= 15 is 0 Å². The number of aliphatic imine (C=N–C) groups is 1. The molecule has 1 aliphatic rings. The largest absolute Gasteiger partial charge is 0.416 e. The molecule has 1 saturated heterocycles. The number of alkyl halides is 3. The predicted molar refractivity (Wildman–Crippen MR) is 111 cm³/mol. The Morgan fingerprint density at radius 2 is 1.83 bits per heavy atom. The number of nitrogens with one attached hydrogen (secondary N) is 3. The molecule has 7 nitrogen and oxygen atoms in total. The number of hydrogen-bond donors (Lipinski definition) is 3. The summed E-state index contributed by atoms with van der Waals surface area (Å²) in [6.45, 7) is 7.55. The summed E-state index contributed by atoms with van der Waals surface area (Å²) in [6, 6.07) is 4.33. The average Bonchev–Trinajstić information content (AvgIpc) is 2.66. The third-order valence-electron chi connectivity index (χ3n) is 4.38. The minimum atomic E-state index is -4.48. The fraction of sp³-hybridized carbons (Fsp3) is 0.600. The van der Waals surface area contributed by atoms with E-state index in [-0.39, 0.29) is 36.1 Å². The van der Waals surface area contributed by atoms with Crippen molar-refractivity contribution in [3.8, 4) is 0 Å². The van der Waals surface area contributed by atoms with E-state index in [1.165, 1.54) is 19.2 Å². The fourth-order valence-corrected chi connectivity index (χ4v) is 3.03. The second-order valence-corrected chi connectivity index (χ2v) is 8.02. The van der Waals surface area contributed by atoms with Crippen LogP contribution in [-0.4, -0.2) is 57.3 Å². The van der Waals surface area contributed by atoms with Crippen molar-refractivity contribution in [2.45, 2.75) is 39.0 Å². The highest BCUT2D eigenvalue weighted by Gasteiger charge is 2.34. The predicted octanol–water partition coefficient (Wildman–Crippen LogP) is 2.12. The molecule has 0 radical (unpaired) electrons. The van der Waals surface area contributed by atoms with Gasteiger partial charge in [-0.1, -0.05) is 6.07 Å². The molecule has 168 valence electrons. The van der Waals surface area contributed by atoms with Crippen LogP contribution in [0.2, 0.25) is 0 Å². The third kappa shape index (κ3) is 7.40. The standard InChI is InChI=1S/C20H30F3N5O2/c1-19(2,3)27-17(29)13-26-18(24-4)25-12-14-5-6-15(11-16(14)20(21,22)23)28-7-9-30-10-8-28/h5-6,11H,7-10,12-13H2,1-4H3,(H,27,29)(H2,24,25,26). The van der Waals surface area contributed by atoms with Gasteiger partial charge in [0.1, 0.15) is 0 Å². The molecule has 2 rings (SSSR count). The number of nitrogens with zero attached hydrogens (tertiary/aromatic N) is 2.